The summed E-state index contributed by atoms with van der Waals surface area (Å²) in [4.78, 5) is 0. The number of hydrogen-bond acceptors (Lipinski definition) is 3. The molecule has 3 N–H and O–H groups in total. The number of aromatic nitrogens is 1. The van der Waals surface area contributed by atoms with E-state index < -0.39 is 0 Å². The molecule has 0 bridgehead atoms. The fourth-order valence-corrected chi connectivity index (χ4v) is 6.92. The molecule has 196 valence electrons. The number of nitrogens with one attached hydrogen (secondary N) is 3. The lowest BCUT2D eigenvalue weighted by atomic mass is 9.82. The molecule has 1 aliphatic carbocycles. The second-order valence-electron chi connectivity index (χ2n) is 11.6. The molecule has 1 fully saturated rings. The van der Waals surface area contributed by atoms with Crippen LogP contribution < -0.4 is 16.0 Å². The second kappa shape index (κ2) is 8.90. The van der Waals surface area contributed by atoms with Crippen molar-refractivity contribution in [2.24, 2.45) is 0 Å². The van der Waals surface area contributed by atoms with Crippen LogP contribution in [0.3, 0.4) is 0 Å². The topological polar surface area (TPSA) is 41.0 Å². The first-order valence-electron chi connectivity index (χ1n) is 14.1. The lowest BCUT2D eigenvalue weighted by Crippen LogP contribution is -2.56. The van der Waals surface area contributed by atoms with Crippen molar-refractivity contribution >= 4 is 21.8 Å². The Morgan fingerprint density at radius 2 is 1.12 bits per heavy atom. The molecular weight excluding hydrogens is 488 g/mol. The van der Waals surface area contributed by atoms with Crippen molar-refractivity contribution in [3.05, 3.63) is 144 Å². The molecule has 1 saturated heterocycles. The molecule has 4 heteroatoms. The lowest BCUT2D eigenvalue weighted by Gasteiger charge is -2.40. The van der Waals surface area contributed by atoms with E-state index in [0.717, 1.165) is 0 Å². The molecule has 2 atom stereocenters. The second-order valence-corrected chi connectivity index (χ2v) is 11.6. The highest BCUT2D eigenvalue weighted by atomic mass is 15.4. The summed E-state index contributed by atoms with van der Waals surface area (Å²) in [5.41, 5.74) is 10.3. The minimum atomic E-state index is -0.137. The summed E-state index contributed by atoms with van der Waals surface area (Å²) in [5, 5.41) is 14.2. The van der Waals surface area contributed by atoms with Crippen molar-refractivity contribution < 1.29 is 0 Å². The zero-order chi connectivity index (χ0) is 26.8. The molecular formula is C36H32N4. The number of fused-ring (bicyclic) bond motifs is 6. The molecule has 2 aliphatic rings. The van der Waals surface area contributed by atoms with Crippen LogP contribution in [0.15, 0.2) is 121 Å². The predicted molar refractivity (Wildman–Crippen MR) is 164 cm³/mol. The maximum Gasteiger partial charge on any atom is 0.142 e. The SMILES string of the molecule is CC1(C)c2ccccc2-c2cc3c(cc21)c1ccccc1n3C1NC(c2ccccc2)NC(c2ccccc2)N1. The van der Waals surface area contributed by atoms with Gasteiger partial charge in [-0.25, -0.2) is 0 Å². The van der Waals surface area contributed by atoms with E-state index >= 15 is 0 Å². The molecule has 4 nitrogen and oxygen atoms in total. The number of hydrogen-bond donors (Lipinski definition) is 3. The van der Waals surface area contributed by atoms with Crippen LogP contribution in [0.2, 0.25) is 0 Å². The molecule has 0 spiro atoms. The first-order chi connectivity index (χ1) is 19.6. The van der Waals surface area contributed by atoms with Crippen molar-refractivity contribution in [1.82, 2.24) is 20.5 Å². The summed E-state index contributed by atoms with van der Waals surface area (Å²) < 4.78 is 2.46. The molecule has 8 rings (SSSR count). The molecule has 1 aliphatic heterocycles. The van der Waals surface area contributed by atoms with Gasteiger partial charge in [0.15, 0.2) is 0 Å². The van der Waals surface area contributed by atoms with Crippen molar-refractivity contribution in [2.45, 2.75) is 37.9 Å². The van der Waals surface area contributed by atoms with Crippen LogP contribution in [0.1, 0.15) is 54.7 Å². The maximum atomic E-state index is 3.90. The van der Waals surface area contributed by atoms with Crippen LogP contribution in [0, 0.1) is 0 Å². The monoisotopic (exact) mass is 520 g/mol. The van der Waals surface area contributed by atoms with Gasteiger partial charge in [-0.3, -0.25) is 16.0 Å². The zero-order valence-electron chi connectivity index (χ0n) is 22.7. The molecule has 0 amide bonds. The Morgan fingerprint density at radius 1 is 0.525 bits per heavy atom. The van der Waals surface area contributed by atoms with E-state index in [1.165, 1.54) is 55.2 Å². The summed E-state index contributed by atoms with van der Waals surface area (Å²) in [6.07, 6.45) is -0.187. The predicted octanol–water partition coefficient (Wildman–Crippen LogP) is 7.74. The average Bonchev–Trinajstić information content (AvgIpc) is 3.45. The zero-order valence-corrected chi connectivity index (χ0v) is 22.7. The molecule has 0 radical (unpaired) electrons. The fraction of sp³-hybridized carbons (Fsp3) is 0.167. The van der Waals surface area contributed by atoms with Crippen LogP contribution >= 0.6 is 0 Å². The standard InChI is InChI=1S/C36H32N4/c1-36(2)29-19-11-9-17-25(29)27-22-32-28(21-30(27)36)26-18-10-12-20-31(26)40(32)35-38-33(23-13-5-3-6-14-23)37-34(39-35)24-15-7-4-8-16-24/h3-22,33-35,37-39H,1-2H3. The van der Waals surface area contributed by atoms with Gasteiger partial charge < -0.3 is 4.57 Å². The summed E-state index contributed by atoms with van der Waals surface area (Å²) >= 11 is 0. The molecule has 2 heterocycles. The fourth-order valence-electron chi connectivity index (χ4n) is 6.92. The summed E-state index contributed by atoms with van der Waals surface area (Å²) in [5.74, 6) is 0. The molecule has 40 heavy (non-hydrogen) atoms. The van der Waals surface area contributed by atoms with E-state index in [1.54, 1.807) is 0 Å². The minimum Gasteiger partial charge on any atom is -0.311 e. The maximum absolute atomic E-state index is 3.90. The van der Waals surface area contributed by atoms with Gasteiger partial charge in [-0.2, -0.15) is 0 Å². The first-order valence-corrected chi connectivity index (χ1v) is 14.1. The van der Waals surface area contributed by atoms with Gasteiger partial charge in [0.25, 0.3) is 0 Å². The Labute approximate surface area is 234 Å². The van der Waals surface area contributed by atoms with Gasteiger partial charge in [-0.05, 0) is 51.6 Å². The van der Waals surface area contributed by atoms with Crippen molar-refractivity contribution in [3.63, 3.8) is 0 Å². The van der Waals surface area contributed by atoms with Crippen LogP contribution in [-0.4, -0.2) is 4.57 Å². The highest BCUT2D eigenvalue weighted by Crippen LogP contribution is 2.51. The molecule has 6 aromatic rings. The van der Waals surface area contributed by atoms with Gasteiger partial charge in [0, 0.05) is 16.2 Å². The number of benzene rings is 5. The summed E-state index contributed by atoms with van der Waals surface area (Å²) in [7, 11) is 0. The number of nitrogens with zero attached hydrogens (tertiary/aromatic N) is 1. The third kappa shape index (κ3) is 3.50. The Bertz CT molecular complexity index is 1820. The Morgan fingerprint density at radius 3 is 1.82 bits per heavy atom. The number of rotatable bonds is 3. The van der Waals surface area contributed by atoms with Gasteiger partial charge >= 0.3 is 0 Å². The quantitative estimate of drug-likeness (QED) is 0.224. The summed E-state index contributed by atoms with van der Waals surface area (Å²) in [6.45, 7) is 4.71. The third-order valence-corrected chi connectivity index (χ3v) is 8.92. The van der Waals surface area contributed by atoms with Crippen LogP contribution in [0.4, 0.5) is 0 Å². The Kier molecular flexibility index (Phi) is 5.26. The molecule has 2 unspecified atom stereocenters. The van der Waals surface area contributed by atoms with Gasteiger partial charge in [0.1, 0.15) is 6.29 Å². The first kappa shape index (κ1) is 23.6. The highest BCUT2D eigenvalue weighted by molar-refractivity contribution is 6.10. The molecule has 0 saturated carbocycles. The van der Waals surface area contributed by atoms with E-state index in [0.29, 0.717) is 0 Å². The van der Waals surface area contributed by atoms with Crippen molar-refractivity contribution in [2.75, 3.05) is 0 Å². The van der Waals surface area contributed by atoms with Gasteiger partial charge in [-0.15, -0.1) is 0 Å². The normalized spacial score (nSPS) is 21.4. The van der Waals surface area contributed by atoms with Gasteiger partial charge in [0.2, 0.25) is 0 Å². The van der Waals surface area contributed by atoms with Gasteiger partial charge in [-0.1, -0.05) is 117 Å². The largest absolute Gasteiger partial charge is 0.311 e. The van der Waals surface area contributed by atoms with Crippen molar-refractivity contribution in [1.29, 1.82) is 0 Å². The lowest BCUT2D eigenvalue weighted by molar-refractivity contribution is 0.161. The third-order valence-electron chi connectivity index (χ3n) is 8.92. The van der Waals surface area contributed by atoms with Gasteiger partial charge in [0.05, 0.1) is 23.4 Å². The molecule has 5 aromatic carbocycles. The summed E-state index contributed by atoms with van der Waals surface area (Å²) in [6, 6.07) is 43.9. The van der Waals surface area contributed by atoms with E-state index in [9.17, 15) is 0 Å². The Hall–Kier alpha value is -4.22. The van der Waals surface area contributed by atoms with Crippen molar-refractivity contribution in [3.8, 4) is 11.1 Å². The van der Waals surface area contributed by atoms with E-state index in [2.05, 4.69) is 156 Å². The van der Waals surface area contributed by atoms with E-state index in [-0.39, 0.29) is 24.0 Å². The number of para-hydroxylation sites is 1. The minimum absolute atomic E-state index is 0.0250. The van der Waals surface area contributed by atoms with Crippen LogP contribution in [0.5, 0.6) is 0 Å². The Balaban J connectivity index is 1.35. The molecule has 1 aromatic heterocycles. The van der Waals surface area contributed by atoms with E-state index in [4.69, 9.17) is 0 Å². The van der Waals surface area contributed by atoms with E-state index in [1.807, 2.05) is 0 Å². The average molecular weight is 521 g/mol. The van der Waals surface area contributed by atoms with Crippen LogP contribution in [-0.2, 0) is 5.41 Å². The van der Waals surface area contributed by atoms with Crippen LogP contribution in [0.25, 0.3) is 32.9 Å². The smallest absolute Gasteiger partial charge is 0.142 e. The highest BCUT2D eigenvalue weighted by Gasteiger charge is 2.37.